The minimum Gasteiger partial charge on any atom is -0.383 e. The number of likely N-dealkylation sites (tertiary alicyclic amines) is 1. The fraction of sp³-hybridized carbons (Fsp3) is 0.909. The lowest BCUT2D eigenvalue weighted by molar-refractivity contribution is -0.129. The Labute approximate surface area is 104 Å². The number of halogens is 1. The zero-order chi connectivity index (χ0) is 11.3. The Hall–Kier alpha value is -0.320. The van der Waals surface area contributed by atoms with Gasteiger partial charge in [-0.15, -0.1) is 12.4 Å². The van der Waals surface area contributed by atoms with Crippen LogP contribution in [0.2, 0.25) is 0 Å². The summed E-state index contributed by atoms with van der Waals surface area (Å²) in [7, 11) is 1.66. The second kappa shape index (κ2) is 7.09. The molecule has 0 saturated carbocycles. The van der Waals surface area contributed by atoms with Crippen LogP contribution in [-0.2, 0) is 9.53 Å². The molecule has 0 unspecified atom stereocenters. The number of hydrogen-bond donors (Lipinski definition) is 1. The average molecular weight is 251 g/mol. The maximum atomic E-state index is 11.7. The molecule has 5 heteroatoms. The molecule has 96 valence electrons. The van der Waals surface area contributed by atoms with Gasteiger partial charge in [0.1, 0.15) is 0 Å². The number of carbonyl (C=O) groups excluding carboxylic acids is 1. The van der Waals surface area contributed by atoms with Crippen molar-refractivity contribution in [3.63, 3.8) is 0 Å². The highest BCUT2D eigenvalue weighted by Gasteiger charge is 2.31. The van der Waals surface area contributed by atoms with Gasteiger partial charge in [-0.25, -0.2) is 0 Å². The van der Waals surface area contributed by atoms with Crippen LogP contribution in [0.25, 0.3) is 0 Å². The van der Waals surface area contributed by atoms with E-state index in [1.165, 1.54) is 0 Å². The van der Waals surface area contributed by atoms with Crippen LogP contribution in [0.4, 0.5) is 0 Å². The molecule has 16 heavy (non-hydrogen) atoms. The van der Waals surface area contributed by atoms with Gasteiger partial charge < -0.3 is 15.0 Å². The van der Waals surface area contributed by atoms with Gasteiger partial charge in [-0.2, -0.15) is 0 Å². The van der Waals surface area contributed by atoms with E-state index in [0.717, 1.165) is 26.1 Å². The van der Waals surface area contributed by atoms with Gasteiger partial charge >= 0.3 is 0 Å². The van der Waals surface area contributed by atoms with E-state index < -0.39 is 0 Å². The van der Waals surface area contributed by atoms with E-state index in [2.05, 4.69) is 19.2 Å². The number of ether oxygens (including phenoxy) is 1. The Morgan fingerprint density at radius 3 is 2.69 bits per heavy atom. The van der Waals surface area contributed by atoms with Crippen LogP contribution >= 0.6 is 12.4 Å². The number of hydrogen-bond acceptors (Lipinski definition) is 3. The van der Waals surface area contributed by atoms with E-state index in [0.29, 0.717) is 18.6 Å². The molecule has 0 aromatic rings. The molecule has 1 rings (SSSR count). The van der Waals surface area contributed by atoms with Gasteiger partial charge in [0, 0.05) is 26.7 Å². The van der Waals surface area contributed by atoms with E-state index >= 15 is 0 Å². The molecule has 0 bridgehead atoms. The van der Waals surface area contributed by atoms with Crippen molar-refractivity contribution in [2.24, 2.45) is 5.41 Å². The Bertz CT molecular complexity index is 222. The monoisotopic (exact) mass is 250 g/mol. The lowest BCUT2D eigenvalue weighted by Gasteiger charge is -2.19. The van der Waals surface area contributed by atoms with Crippen molar-refractivity contribution in [1.29, 1.82) is 0 Å². The molecular weight excluding hydrogens is 228 g/mol. The first-order chi connectivity index (χ1) is 7.05. The molecular formula is C11H23ClN2O2. The van der Waals surface area contributed by atoms with E-state index in [9.17, 15) is 4.79 Å². The largest absolute Gasteiger partial charge is 0.383 e. The summed E-state index contributed by atoms with van der Waals surface area (Å²) in [5.74, 6) is 0.205. The summed E-state index contributed by atoms with van der Waals surface area (Å²) in [5.41, 5.74) is 0.294. The predicted molar refractivity (Wildman–Crippen MR) is 67.0 cm³/mol. The second-order valence-corrected chi connectivity index (χ2v) is 4.90. The molecule has 0 aliphatic carbocycles. The maximum Gasteiger partial charge on any atom is 0.236 e. The van der Waals surface area contributed by atoms with E-state index in [1.807, 2.05) is 4.90 Å². The number of carbonyl (C=O) groups is 1. The number of nitrogens with one attached hydrogen (secondary N) is 1. The summed E-state index contributed by atoms with van der Waals surface area (Å²) in [6, 6.07) is 0. The van der Waals surface area contributed by atoms with Crippen molar-refractivity contribution in [1.82, 2.24) is 10.2 Å². The van der Waals surface area contributed by atoms with Gasteiger partial charge in [-0.05, 0) is 11.8 Å². The average Bonchev–Trinajstić information content (AvgIpc) is 2.53. The molecule has 4 nitrogen and oxygen atoms in total. The molecule has 1 aliphatic heterocycles. The highest BCUT2D eigenvalue weighted by molar-refractivity contribution is 5.85. The van der Waals surface area contributed by atoms with Crippen LogP contribution in [0.1, 0.15) is 20.3 Å². The zero-order valence-electron chi connectivity index (χ0n) is 10.4. The third-order valence-electron chi connectivity index (χ3n) is 2.79. The first kappa shape index (κ1) is 15.7. The molecule has 0 spiro atoms. The zero-order valence-corrected chi connectivity index (χ0v) is 11.2. The van der Waals surface area contributed by atoms with Crippen LogP contribution in [0, 0.1) is 5.41 Å². The Morgan fingerprint density at radius 1 is 1.50 bits per heavy atom. The molecule has 1 amide bonds. The van der Waals surface area contributed by atoms with Crippen LogP contribution in [0.5, 0.6) is 0 Å². The van der Waals surface area contributed by atoms with Crippen LogP contribution in [-0.4, -0.2) is 50.7 Å². The fourth-order valence-corrected chi connectivity index (χ4v) is 1.81. The summed E-state index contributed by atoms with van der Waals surface area (Å²) in [5, 5.41) is 3.07. The number of methoxy groups -OCH3 is 1. The number of nitrogens with zero attached hydrogens (tertiary/aromatic N) is 1. The highest BCUT2D eigenvalue weighted by atomic mass is 35.5. The smallest absolute Gasteiger partial charge is 0.236 e. The molecule has 0 radical (unpaired) electrons. The fourth-order valence-electron chi connectivity index (χ4n) is 1.81. The van der Waals surface area contributed by atoms with Crippen LogP contribution < -0.4 is 5.32 Å². The Kier molecular flexibility index (Phi) is 6.95. The quantitative estimate of drug-likeness (QED) is 0.738. The Morgan fingerprint density at radius 2 is 2.19 bits per heavy atom. The highest BCUT2D eigenvalue weighted by Crippen LogP contribution is 2.28. The van der Waals surface area contributed by atoms with Gasteiger partial charge in [0.2, 0.25) is 5.91 Å². The number of amides is 1. The van der Waals surface area contributed by atoms with Gasteiger partial charge in [-0.3, -0.25) is 4.79 Å². The molecule has 1 fully saturated rings. The first-order valence-electron chi connectivity index (χ1n) is 5.52. The summed E-state index contributed by atoms with van der Waals surface area (Å²) >= 11 is 0. The topological polar surface area (TPSA) is 41.6 Å². The molecule has 1 heterocycles. The second-order valence-electron chi connectivity index (χ2n) is 4.90. The summed E-state index contributed by atoms with van der Waals surface area (Å²) in [6.45, 7) is 8.02. The summed E-state index contributed by atoms with van der Waals surface area (Å²) in [4.78, 5) is 13.7. The van der Waals surface area contributed by atoms with Crippen molar-refractivity contribution in [3.05, 3.63) is 0 Å². The standard InChI is InChI=1S/C11H22N2O2.ClH/c1-11(2)4-6-13(9-11)10(14)8-12-5-7-15-3;/h12H,4-9H2,1-3H3;1H. The van der Waals surface area contributed by atoms with Gasteiger partial charge in [0.25, 0.3) is 0 Å². The van der Waals surface area contributed by atoms with Crippen molar-refractivity contribution in [2.45, 2.75) is 20.3 Å². The first-order valence-corrected chi connectivity index (χ1v) is 5.52. The predicted octanol–water partition coefficient (Wildman–Crippen LogP) is 0.903. The maximum absolute atomic E-state index is 11.7. The van der Waals surface area contributed by atoms with E-state index in [1.54, 1.807) is 7.11 Å². The van der Waals surface area contributed by atoms with Crippen molar-refractivity contribution in [2.75, 3.05) is 39.9 Å². The van der Waals surface area contributed by atoms with Crippen LogP contribution in [0.15, 0.2) is 0 Å². The lowest BCUT2D eigenvalue weighted by atomic mass is 9.93. The lowest BCUT2D eigenvalue weighted by Crippen LogP contribution is -2.38. The molecule has 0 aromatic carbocycles. The summed E-state index contributed by atoms with van der Waals surface area (Å²) < 4.78 is 4.89. The van der Waals surface area contributed by atoms with Gasteiger partial charge in [0.15, 0.2) is 0 Å². The summed E-state index contributed by atoms with van der Waals surface area (Å²) in [6.07, 6.45) is 1.11. The Balaban J connectivity index is 0.00000225. The van der Waals surface area contributed by atoms with Gasteiger partial charge in [-0.1, -0.05) is 13.8 Å². The molecule has 1 saturated heterocycles. The SMILES string of the molecule is COCCNCC(=O)N1CCC(C)(C)C1.Cl. The van der Waals surface area contributed by atoms with E-state index in [4.69, 9.17) is 4.74 Å². The van der Waals surface area contributed by atoms with Gasteiger partial charge in [0.05, 0.1) is 13.2 Å². The van der Waals surface area contributed by atoms with Crippen molar-refractivity contribution in [3.8, 4) is 0 Å². The minimum atomic E-state index is 0. The van der Waals surface area contributed by atoms with E-state index in [-0.39, 0.29) is 18.3 Å². The third kappa shape index (κ3) is 5.14. The number of rotatable bonds is 5. The molecule has 1 aliphatic rings. The third-order valence-corrected chi connectivity index (χ3v) is 2.79. The van der Waals surface area contributed by atoms with Crippen LogP contribution in [0.3, 0.4) is 0 Å². The van der Waals surface area contributed by atoms with Crippen molar-refractivity contribution >= 4 is 18.3 Å². The normalized spacial score (nSPS) is 18.3. The van der Waals surface area contributed by atoms with Crippen molar-refractivity contribution < 1.29 is 9.53 Å². The molecule has 0 aromatic heterocycles. The molecule has 0 atom stereocenters. The minimum absolute atomic E-state index is 0. The molecule has 1 N–H and O–H groups in total.